The van der Waals surface area contributed by atoms with Crippen LogP contribution in [0.3, 0.4) is 0 Å². The van der Waals surface area contributed by atoms with Crippen LogP contribution in [0.15, 0.2) is 30.3 Å². The second-order valence-electron chi connectivity index (χ2n) is 4.68. The van der Waals surface area contributed by atoms with E-state index in [2.05, 4.69) is 4.98 Å². The van der Waals surface area contributed by atoms with E-state index in [0.717, 1.165) is 29.7 Å². The summed E-state index contributed by atoms with van der Waals surface area (Å²) in [6.07, 6.45) is 1.49. The number of hydrogen-bond donors (Lipinski definition) is 1. The lowest BCUT2D eigenvalue weighted by molar-refractivity contribution is 0.0520. The predicted octanol–water partition coefficient (Wildman–Crippen LogP) is 3.42. The van der Waals surface area contributed by atoms with Crippen LogP contribution in [0.25, 0.3) is 0 Å². The highest BCUT2D eigenvalue weighted by Crippen LogP contribution is 2.15. The zero-order valence-corrected chi connectivity index (χ0v) is 11.7. The van der Waals surface area contributed by atoms with E-state index in [1.165, 1.54) is 12.1 Å². The molecular weight excluding hydrogens is 257 g/mol. The average molecular weight is 275 g/mol. The molecule has 0 saturated heterocycles. The third-order valence-electron chi connectivity index (χ3n) is 3.19. The Hall–Kier alpha value is -2.10. The maximum absolute atomic E-state index is 13.1. The van der Waals surface area contributed by atoms with Gasteiger partial charge in [0.25, 0.3) is 0 Å². The van der Waals surface area contributed by atoms with E-state index in [4.69, 9.17) is 4.74 Å². The minimum Gasteiger partial charge on any atom is -0.461 e. The van der Waals surface area contributed by atoms with Gasteiger partial charge in [-0.05, 0) is 56.0 Å². The average Bonchev–Trinajstić information content (AvgIpc) is 2.78. The van der Waals surface area contributed by atoms with Gasteiger partial charge < -0.3 is 9.72 Å². The third-order valence-corrected chi connectivity index (χ3v) is 3.19. The van der Waals surface area contributed by atoms with Gasteiger partial charge in [-0.1, -0.05) is 12.1 Å². The normalized spacial score (nSPS) is 10.6. The van der Waals surface area contributed by atoms with Crippen LogP contribution < -0.4 is 0 Å². The number of H-pyrrole nitrogens is 1. The lowest BCUT2D eigenvalue weighted by Crippen LogP contribution is -2.04. The van der Waals surface area contributed by atoms with Gasteiger partial charge in [0.1, 0.15) is 11.5 Å². The number of rotatable bonds is 5. The highest BCUT2D eigenvalue weighted by molar-refractivity contribution is 5.87. The molecule has 0 atom stereocenters. The molecule has 1 heterocycles. The van der Waals surface area contributed by atoms with Gasteiger partial charge in [-0.25, -0.2) is 9.18 Å². The van der Waals surface area contributed by atoms with Gasteiger partial charge in [-0.15, -0.1) is 0 Å². The number of nitrogens with one attached hydrogen (secondary N) is 1. The molecule has 106 valence electrons. The van der Waals surface area contributed by atoms with Crippen molar-refractivity contribution in [3.63, 3.8) is 0 Å². The van der Waals surface area contributed by atoms with E-state index in [0.29, 0.717) is 12.3 Å². The van der Waals surface area contributed by atoms with Crippen molar-refractivity contribution in [3.05, 3.63) is 58.7 Å². The third kappa shape index (κ3) is 3.47. The van der Waals surface area contributed by atoms with Crippen LogP contribution in [0.5, 0.6) is 0 Å². The molecule has 0 aliphatic heterocycles. The van der Waals surface area contributed by atoms with Crippen molar-refractivity contribution in [2.45, 2.75) is 26.7 Å². The van der Waals surface area contributed by atoms with Gasteiger partial charge >= 0.3 is 5.97 Å². The van der Waals surface area contributed by atoms with Crippen molar-refractivity contribution in [1.29, 1.82) is 0 Å². The topological polar surface area (TPSA) is 42.1 Å². The highest BCUT2D eigenvalue weighted by Gasteiger charge is 2.12. The second kappa shape index (κ2) is 6.37. The minimum atomic E-state index is -0.340. The fourth-order valence-electron chi connectivity index (χ4n) is 2.15. The number of aryl methyl sites for hydroxylation is 3. The molecule has 2 rings (SSSR count). The number of halogens is 1. The van der Waals surface area contributed by atoms with E-state index in [-0.39, 0.29) is 11.8 Å². The van der Waals surface area contributed by atoms with Gasteiger partial charge in [0.05, 0.1) is 6.61 Å². The van der Waals surface area contributed by atoms with Gasteiger partial charge in [-0.2, -0.15) is 0 Å². The molecule has 0 radical (unpaired) electrons. The predicted molar refractivity (Wildman–Crippen MR) is 75.3 cm³/mol. The van der Waals surface area contributed by atoms with Gasteiger partial charge in [0, 0.05) is 5.69 Å². The molecule has 0 saturated carbocycles. The Balaban J connectivity index is 2.05. The second-order valence-corrected chi connectivity index (χ2v) is 4.68. The fourth-order valence-corrected chi connectivity index (χ4v) is 2.15. The number of benzene rings is 1. The van der Waals surface area contributed by atoms with Crippen LogP contribution >= 0.6 is 0 Å². The van der Waals surface area contributed by atoms with E-state index in [9.17, 15) is 9.18 Å². The van der Waals surface area contributed by atoms with E-state index >= 15 is 0 Å². The maximum atomic E-state index is 13.1. The summed E-state index contributed by atoms with van der Waals surface area (Å²) >= 11 is 0. The number of aromatic amines is 1. The quantitative estimate of drug-likeness (QED) is 0.849. The first-order valence-electron chi connectivity index (χ1n) is 6.70. The molecule has 1 aromatic heterocycles. The van der Waals surface area contributed by atoms with Crippen LogP contribution in [0.2, 0.25) is 0 Å². The Labute approximate surface area is 117 Å². The van der Waals surface area contributed by atoms with E-state index in [1.54, 1.807) is 13.0 Å². The van der Waals surface area contributed by atoms with Crippen LogP contribution in [0.1, 0.15) is 34.2 Å². The lowest BCUT2D eigenvalue weighted by atomic mass is 10.0. The summed E-state index contributed by atoms with van der Waals surface area (Å²) in [6.45, 7) is 4.05. The van der Waals surface area contributed by atoms with E-state index in [1.807, 2.05) is 19.1 Å². The van der Waals surface area contributed by atoms with Crippen LogP contribution in [-0.4, -0.2) is 17.6 Å². The Morgan fingerprint density at radius 1 is 1.30 bits per heavy atom. The zero-order valence-electron chi connectivity index (χ0n) is 11.7. The SMILES string of the molecule is CCOC(=O)c1cc(CCc2cccc(F)c2)c(C)[nH]1. The van der Waals surface area contributed by atoms with Crippen LogP contribution in [0.4, 0.5) is 4.39 Å². The number of esters is 1. The first-order valence-corrected chi connectivity index (χ1v) is 6.70. The van der Waals surface area contributed by atoms with Crippen molar-refractivity contribution in [2.75, 3.05) is 6.61 Å². The Kier molecular flexibility index (Phi) is 4.56. The summed E-state index contributed by atoms with van der Waals surface area (Å²) in [5, 5.41) is 0. The van der Waals surface area contributed by atoms with E-state index < -0.39 is 0 Å². The summed E-state index contributed by atoms with van der Waals surface area (Å²) in [4.78, 5) is 14.7. The molecule has 1 N–H and O–H groups in total. The molecule has 3 nitrogen and oxygen atoms in total. The Morgan fingerprint density at radius 2 is 2.10 bits per heavy atom. The van der Waals surface area contributed by atoms with Crippen molar-refractivity contribution in [2.24, 2.45) is 0 Å². The van der Waals surface area contributed by atoms with Crippen LogP contribution in [0, 0.1) is 12.7 Å². The molecule has 20 heavy (non-hydrogen) atoms. The molecule has 0 amide bonds. The maximum Gasteiger partial charge on any atom is 0.354 e. The first kappa shape index (κ1) is 14.3. The molecule has 4 heteroatoms. The monoisotopic (exact) mass is 275 g/mol. The standard InChI is InChI=1S/C16H18FNO2/c1-3-20-16(19)15-10-13(11(2)18-15)8-7-12-5-4-6-14(17)9-12/h4-6,9-10,18H,3,7-8H2,1-2H3. The zero-order chi connectivity index (χ0) is 14.5. The first-order chi connectivity index (χ1) is 9.60. The number of hydrogen-bond acceptors (Lipinski definition) is 2. The molecule has 2 aromatic rings. The number of ether oxygens (including phenoxy) is 1. The number of carbonyl (C=O) groups is 1. The van der Waals surface area contributed by atoms with Gasteiger partial charge in [0.2, 0.25) is 0 Å². The van der Waals surface area contributed by atoms with Crippen molar-refractivity contribution >= 4 is 5.97 Å². The summed E-state index contributed by atoms with van der Waals surface area (Å²) in [5.41, 5.74) is 3.42. The highest BCUT2D eigenvalue weighted by atomic mass is 19.1. The molecular formula is C16H18FNO2. The molecule has 0 fully saturated rings. The van der Waals surface area contributed by atoms with Gasteiger partial charge in [-0.3, -0.25) is 0 Å². The largest absolute Gasteiger partial charge is 0.461 e. The van der Waals surface area contributed by atoms with Crippen molar-refractivity contribution in [3.8, 4) is 0 Å². The molecule has 0 unspecified atom stereocenters. The summed E-state index contributed by atoms with van der Waals surface area (Å²) < 4.78 is 18.1. The summed E-state index contributed by atoms with van der Waals surface area (Å²) in [5.74, 6) is -0.562. The van der Waals surface area contributed by atoms with Gasteiger partial charge in [0.15, 0.2) is 0 Å². The lowest BCUT2D eigenvalue weighted by Gasteiger charge is -2.01. The fraction of sp³-hybridized carbons (Fsp3) is 0.312. The Morgan fingerprint density at radius 3 is 2.80 bits per heavy atom. The molecule has 0 aliphatic rings. The summed E-state index contributed by atoms with van der Waals surface area (Å²) in [7, 11) is 0. The molecule has 0 spiro atoms. The molecule has 0 aliphatic carbocycles. The molecule has 0 bridgehead atoms. The Bertz CT molecular complexity index is 604. The van der Waals surface area contributed by atoms with Crippen molar-refractivity contribution < 1.29 is 13.9 Å². The summed E-state index contributed by atoms with van der Waals surface area (Å²) in [6, 6.07) is 8.39. The smallest absolute Gasteiger partial charge is 0.354 e. The van der Waals surface area contributed by atoms with Crippen molar-refractivity contribution in [1.82, 2.24) is 4.98 Å². The molecule has 1 aromatic carbocycles. The number of aromatic nitrogens is 1. The van der Waals surface area contributed by atoms with Crippen LogP contribution in [-0.2, 0) is 17.6 Å². The number of carbonyl (C=O) groups excluding carboxylic acids is 1. The minimum absolute atomic E-state index is 0.222.